The molecule has 4 nitrogen and oxygen atoms in total. The van der Waals surface area contributed by atoms with Crippen LogP contribution in [0.5, 0.6) is 11.5 Å². The van der Waals surface area contributed by atoms with E-state index in [0.29, 0.717) is 6.04 Å². The quantitative estimate of drug-likeness (QED) is 0.754. The predicted octanol–water partition coefficient (Wildman–Crippen LogP) is 4.18. The molecule has 4 heteroatoms. The van der Waals surface area contributed by atoms with Crippen molar-refractivity contribution in [2.24, 2.45) is 5.41 Å². The number of ether oxygens (including phenoxy) is 2. The van der Waals surface area contributed by atoms with Crippen molar-refractivity contribution in [1.29, 1.82) is 0 Å². The van der Waals surface area contributed by atoms with Gasteiger partial charge in [0.15, 0.2) is 23.4 Å². The van der Waals surface area contributed by atoms with Crippen molar-refractivity contribution in [3.8, 4) is 11.5 Å². The number of piperidine rings is 1. The lowest BCUT2D eigenvalue weighted by Gasteiger charge is -2.63. The van der Waals surface area contributed by atoms with Crippen LogP contribution in [-0.4, -0.2) is 43.5 Å². The number of carbonyl (C=O) groups is 1. The van der Waals surface area contributed by atoms with Crippen molar-refractivity contribution >= 4 is 11.9 Å². The number of nitrogens with zero attached hydrogens (tertiary/aromatic N) is 1. The Kier molecular flexibility index (Phi) is 4.00. The molecule has 2 bridgehead atoms. The van der Waals surface area contributed by atoms with E-state index < -0.39 is 6.10 Å². The molecule has 1 saturated heterocycles. The van der Waals surface area contributed by atoms with Crippen LogP contribution in [-0.2, 0) is 16.6 Å². The van der Waals surface area contributed by atoms with Crippen LogP contribution in [0.4, 0.5) is 0 Å². The van der Waals surface area contributed by atoms with Gasteiger partial charge in [-0.2, -0.15) is 0 Å². The summed E-state index contributed by atoms with van der Waals surface area (Å²) in [4.78, 5) is 15.6. The number of benzene rings is 2. The van der Waals surface area contributed by atoms with Gasteiger partial charge >= 0.3 is 0 Å². The van der Waals surface area contributed by atoms with E-state index in [-0.39, 0.29) is 16.6 Å². The number of likely N-dealkylation sites (N-methyl/N-ethyl adjacent to an activating group) is 1. The molecule has 1 fully saturated rings. The fourth-order valence-corrected chi connectivity index (χ4v) is 6.82. The minimum Gasteiger partial charge on any atom is -0.493 e. The highest BCUT2D eigenvalue weighted by Gasteiger charge is 2.71. The van der Waals surface area contributed by atoms with Gasteiger partial charge in [-0.25, -0.2) is 0 Å². The summed E-state index contributed by atoms with van der Waals surface area (Å²) in [5, 5.41) is 0. The Bertz CT molecular complexity index is 1120. The first-order chi connectivity index (χ1) is 15.1. The molecule has 0 unspecified atom stereocenters. The van der Waals surface area contributed by atoms with Crippen LogP contribution >= 0.6 is 0 Å². The van der Waals surface area contributed by atoms with Crippen LogP contribution in [0.3, 0.4) is 0 Å². The van der Waals surface area contributed by atoms with E-state index in [0.717, 1.165) is 37.3 Å². The van der Waals surface area contributed by atoms with Crippen LogP contribution < -0.4 is 9.47 Å². The van der Waals surface area contributed by atoms with E-state index in [4.69, 9.17) is 9.47 Å². The number of methoxy groups -OCH3 is 1. The fraction of sp³-hybridized carbons (Fsp3) is 0.370. The van der Waals surface area contributed by atoms with Crippen LogP contribution in [0.2, 0.25) is 0 Å². The molecule has 6 rings (SSSR count). The fourth-order valence-electron chi connectivity index (χ4n) is 6.82. The van der Waals surface area contributed by atoms with E-state index >= 15 is 0 Å². The Morgan fingerprint density at radius 3 is 2.87 bits per heavy atom. The number of hydrogen-bond acceptors (Lipinski definition) is 4. The average Bonchev–Trinajstić information content (AvgIpc) is 3.15. The summed E-state index contributed by atoms with van der Waals surface area (Å²) in [5.41, 5.74) is 3.21. The maximum absolute atomic E-state index is 13.2. The number of rotatable bonds is 4. The number of ketones is 1. The molecule has 0 saturated carbocycles. The van der Waals surface area contributed by atoms with Gasteiger partial charge in [-0.05, 0) is 56.1 Å². The second-order valence-electron chi connectivity index (χ2n) is 9.34. The van der Waals surface area contributed by atoms with Crippen LogP contribution in [0.15, 0.2) is 60.7 Å². The van der Waals surface area contributed by atoms with Crippen molar-refractivity contribution in [1.82, 2.24) is 4.90 Å². The topological polar surface area (TPSA) is 38.8 Å². The number of hydrogen-bond donors (Lipinski definition) is 0. The summed E-state index contributed by atoms with van der Waals surface area (Å²) in [5.74, 6) is 1.61. The minimum absolute atomic E-state index is 0.0806. The zero-order valence-electron chi connectivity index (χ0n) is 18.0. The highest BCUT2D eigenvalue weighted by atomic mass is 16.5. The summed E-state index contributed by atoms with van der Waals surface area (Å²) >= 11 is 0. The lowest BCUT2D eigenvalue weighted by Crippen LogP contribution is -2.70. The molecule has 0 amide bonds. The second kappa shape index (κ2) is 6.57. The summed E-state index contributed by atoms with van der Waals surface area (Å²) in [6, 6.07) is 14.9. The maximum atomic E-state index is 13.2. The van der Waals surface area contributed by atoms with Gasteiger partial charge in [0.1, 0.15) is 0 Å². The average molecular weight is 414 g/mol. The van der Waals surface area contributed by atoms with E-state index in [1.165, 1.54) is 16.7 Å². The molecule has 2 aromatic rings. The van der Waals surface area contributed by atoms with E-state index in [2.05, 4.69) is 60.5 Å². The van der Waals surface area contributed by atoms with Crippen molar-refractivity contribution in [3.05, 3.63) is 77.4 Å². The Morgan fingerprint density at radius 2 is 2.06 bits per heavy atom. The highest BCUT2D eigenvalue weighted by molar-refractivity contribution is 5.98. The molecule has 0 N–H and O–H groups in total. The van der Waals surface area contributed by atoms with Crippen molar-refractivity contribution < 1.29 is 14.3 Å². The highest BCUT2D eigenvalue weighted by Crippen LogP contribution is 2.68. The van der Waals surface area contributed by atoms with Crippen LogP contribution in [0.25, 0.3) is 6.08 Å². The molecule has 2 aliphatic carbocycles. The van der Waals surface area contributed by atoms with E-state index in [1.807, 2.05) is 12.1 Å². The van der Waals surface area contributed by atoms with E-state index in [1.54, 1.807) is 13.2 Å². The van der Waals surface area contributed by atoms with Gasteiger partial charge in [0.2, 0.25) is 0 Å². The van der Waals surface area contributed by atoms with Gasteiger partial charge in [-0.3, -0.25) is 4.79 Å². The van der Waals surface area contributed by atoms with Crippen LogP contribution in [0.1, 0.15) is 29.5 Å². The number of allylic oxidation sites excluding steroid dienone is 1. The molecule has 1 spiro atoms. The molecular formula is C27H27NO3. The van der Waals surface area contributed by atoms with E-state index in [9.17, 15) is 4.79 Å². The van der Waals surface area contributed by atoms with Crippen molar-refractivity contribution in [3.63, 3.8) is 0 Å². The molecule has 2 heterocycles. The van der Waals surface area contributed by atoms with Gasteiger partial charge in [0.05, 0.1) is 12.5 Å². The normalized spacial score (nSPS) is 32.8. The largest absolute Gasteiger partial charge is 0.493 e. The Morgan fingerprint density at radius 1 is 1.23 bits per heavy atom. The maximum Gasteiger partial charge on any atom is 0.196 e. The molecule has 2 aliphatic heterocycles. The lowest BCUT2D eigenvalue weighted by molar-refractivity contribution is -0.133. The van der Waals surface area contributed by atoms with Gasteiger partial charge in [0, 0.05) is 17.0 Å². The molecule has 158 valence electrons. The first kappa shape index (κ1) is 18.9. The zero-order chi connectivity index (χ0) is 21.2. The molecule has 4 atom stereocenters. The molecular weight excluding hydrogens is 386 g/mol. The first-order valence-corrected chi connectivity index (χ1v) is 11.1. The SMILES string of the molecule is COc1ccc2c3c1O[C@H]1C(=O)C=C[C@@]4(C/C=C/c5ccccc5)[C@@H](C2)N(C)CC[C@]314. The summed E-state index contributed by atoms with van der Waals surface area (Å²) in [6.07, 6.45) is 10.8. The summed E-state index contributed by atoms with van der Waals surface area (Å²) in [7, 11) is 3.90. The summed E-state index contributed by atoms with van der Waals surface area (Å²) < 4.78 is 12.1. The molecule has 2 aromatic carbocycles. The Balaban J connectivity index is 1.55. The Labute approximate surface area is 183 Å². The minimum atomic E-state index is -0.468. The number of carbonyl (C=O) groups excluding carboxylic acids is 1. The number of likely N-dealkylation sites (tertiary alicyclic amines) is 1. The lowest BCUT2D eigenvalue weighted by atomic mass is 9.44. The second-order valence-corrected chi connectivity index (χ2v) is 9.34. The molecule has 0 aromatic heterocycles. The van der Waals surface area contributed by atoms with Gasteiger partial charge in [-0.1, -0.05) is 54.6 Å². The van der Waals surface area contributed by atoms with Crippen LogP contribution in [0, 0.1) is 5.41 Å². The monoisotopic (exact) mass is 413 g/mol. The van der Waals surface area contributed by atoms with Crippen molar-refractivity contribution in [2.75, 3.05) is 20.7 Å². The molecule has 4 aliphatic rings. The van der Waals surface area contributed by atoms with Crippen molar-refractivity contribution in [2.45, 2.75) is 36.8 Å². The third-order valence-electron chi connectivity index (χ3n) is 8.16. The molecule has 0 radical (unpaired) electrons. The Hall–Kier alpha value is -2.85. The third-order valence-corrected chi connectivity index (χ3v) is 8.16. The van der Waals surface area contributed by atoms with Gasteiger partial charge in [-0.15, -0.1) is 0 Å². The zero-order valence-corrected chi connectivity index (χ0v) is 18.0. The predicted molar refractivity (Wildman–Crippen MR) is 121 cm³/mol. The summed E-state index contributed by atoms with van der Waals surface area (Å²) in [6.45, 7) is 0.964. The standard InChI is InChI=1S/C27H27NO3/c1-28-16-15-27-23-19-10-11-21(30-2)24(23)31-25(27)20(29)12-14-26(27,22(28)17-19)13-6-9-18-7-4-3-5-8-18/h3-12,14,22,25H,13,15-17H2,1-2H3/b9-6+/t22-,25+,26+,27+/m1/s1. The third kappa shape index (κ3) is 2.31. The van der Waals surface area contributed by atoms with Gasteiger partial charge < -0.3 is 14.4 Å². The van der Waals surface area contributed by atoms with Gasteiger partial charge in [0.25, 0.3) is 0 Å². The first-order valence-electron chi connectivity index (χ1n) is 11.1. The molecule has 31 heavy (non-hydrogen) atoms. The smallest absolute Gasteiger partial charge is 0.196 e.